The van der Waals surface area contributed by atoms with Crippen LogP contribution in [0.3, 0.4) is 0 Å². The second-order valence-corrected chi connectivity index (χ2v) is 4.88. The van der Waals surface area contributed by atoms with Gasteiger partial charge in [-0.3, -0.25) is 0 Å². The molecule has 0 heterocycles. The van der Waals surface area contributed by atoms with Crippen molar-refractivity contribution in [2.24, 2.45) is 11.8 Å². The molecule has 0 aromatic heterocycles. The summed E-state index contributed by atoms with van der Waals surface area (Å²) in [6.45, 7) is 10.4. The Hall–Kier alpha value is -0.500. The lowest BCUT2D eigenvalue weighted by Gasteiger charge is -2.33. The molecule has 82 valence electrons. The van der Waals surface area contributed by atoms with Gasteiger partial charge in [-0.15, -0.1) is 0 Å². The summed E-state index contributed by atoms with van der Waals surface area (Å²) in [4.78, 5) is 0. The monoisotopic (exact) mass is 197 g/mol. The van der Waals surface area contributed by atoms with Crippen molar-refractivity contribution in [1.29, 1.82) is 0 Å². The number of nitrogens with one attached hydrogen (secondary N) is 1. The summed E-state index contributed by atoms with van der Waals surface area (Å²) in [5, 5.41) is 13.1. The van der Waals surface area contributed by atoms with E-state index in [9.17, 15) is 5.11 Å². The first kappa shape index (κ1) is 11.6. The topological polar surface area (TPSA) is 32.3 Å². The Morgan fingerprint density at radius 3 is 2.57 bits per heavy atom. The van der Waals surface area contributed by atoms with Crippen LogP contribution in [0.25, 0.3) is 0 Å². The smallest absolute Gasteiger partial charge is 0.0567 e. The maximum absolute atomic E-state index is 9.59. The van der Waals surface area contributed by atoms with Crippen molar-refractivity contribution >= 4 is 0 Å². The molecule has 0 aromatic rings. The molecule has 0 spiro atoms. The molecular weight excluding hydrogens is 174 g/mol. The summed E-state index contributed by atoms with van der Waals surface area (Å²) in [5.74, 6) is 0.915. The number of allylic oxidation sites excluding steroid dienone is 1. The molecule has 0 bridgehead atoms. The molecular formula is C12H23NO. The molecule has 0 radical (unpaired) electrons. The Labute approximate surface area is 87.4 Å². The van der Waals surface area contributed by atoms with Crippen LogP contribution in [-0.4, -0.2) is 17.3 Å². The standard InChI is InChI=1S/C12H23NO/c1-8(2)10(4)13-11-5-6-12(14)9(3)7-11/h8-9,11-14H,4-7H2,1-3H3/t9?,11-,12+/m1/s1. The van der Waals surface area contributed by atoms with Crippen LogP contribution < -0.4 is 5.32 Å². The van der Waals surface area contributed by atoms with Gasteiger partial charge < -0.3 is 10.4 Å². The second-order valence-electron chi connectivity index (χ2n) is 4.88. The van der Waals surface area contributed by atoms with Crippen molar-refractivity contribution in [3.8, 4) is 0 Å². The van der Waals surface area contributed by atoms with E-state index in [2.05, 4.69) is 32.7 Å². The van der Waals surface area contributed by atoms with Crippen LogP contribution in [0.1, 0.15) is 40.0 Å². The Balaban J connectivity index is 2.37. The number of hydrogen-bond acceptors (Lipinski definition) is 2. The van der Waals surface area contributed by atoms with Crippen molar-refractivity contribution in [1.82, 2.24) is 5.32 Å². The zero-order chi connectivity index (χ0) is 10.7. The van der Waals surface area contributed by atoms with Crippen molar-refractivity contribution < 1.29 is 5.11 Å². The van der Waals surface area contributed by atoms with E-state index in [0.717, 1.165) is 25.0 Å². The minimum Gasteiger partial charge on any atom is -0.393 e. The Kier molecular flexibility index (Phi) is 3.99. The fourth-order valence-corrected chi connectivity index (χ4v) is 1.94. The molecule has 2 heteroatoms. The highest BCUT2D eigenvalue weighted by atomic mass is 16.3. The number of hydrogen-bond donors (Lipinski definition) is 2. The first-order valence-electron chi connectivity index (χ1n) is 5.64. The average molecular weight is 197 g/mol. The van der Waals surface area contributed by atoms with Crippen LogP contribution in [-0.2, 0) is 0 Å². The summed E-state index contributed by atoms with van der Waals surface area (Å²) in [7, 11) is 0. The lowest BCUT2D eigenvalue weighted by atomic mass is 9.84. The van der Waals surface area contributed by atoms with Gasteiger partial charge in [0.2, 0.25) is 0 Å². The van der Waals surface area contributed by atoms with Crippen molar-refractivity contribution in [2.75, 3.05) is 0 Å². The third kappa shape index (κ3) is 3.02. The van der Waals surface area contributed by atoms with Crippen LogP contribution >= 0.6 is 0 Å². The van der Waals surface area contributed by atoms with Gasteiger partial charge >= 0.3 is 0 Å². The van der Waals surface area contributed by atoms with Crippen LogP contribution in [0.5, 0.6) is 0 Å². The van der Waals surface area contributed by atoms with Gasteiger partial charge in [0.1, 0.15) is 0 Å². The van der Waals surface area contributed by atoms with Crippen LogP contribution in [0.15, 0.2) is 12.3 Å². The second kappa shape index (κ2) is 4.83. The maximum Gasteiger partial charge on any atom is 0.0567 e. The van der Waals surface area contributed by atoms with Crippen LogP contribution in [0, 0.1) is 11.8 Å². The third-order valence-corrected chi connectivity index (χ3v) is 3.21. The molecule has 0 aliphatic heterocycles. The largest absolute Gasteiger partial charge is 0.393 e. The van der Waals surface area contributed by atoms with Crippen molar-refractivity contribution in [2.45, 2.75) is 52.2 Å². The lowest BCUT2D eigenvalue weighted by Crippen LogP contribution is -2.39. The van der Waals surface area contributed by atoms with Crippen LogP contribution in [0.2, 0.25) is 0 Å². The van der Waals surface area contributed by atoms with E-state index in [1.807, 2.05) is 0 Å². The highest BCUT2D eigenvalue weighted by molar-refractivity contribution is 4.98. The molecule has 1 aliphatic carbocycles. The van der Waals surface area contributed by atoms with Gasteiger partial charge in [0.05, 0.1) is 6.10 Å². The summed E-state index contributed by atoms with van der Waals surface area (Å²) in [6, 6.07) is 0.517. The van der Waals surface area contributed by atoms with E-state index in [1.54, 1.807) is 0 Å². The molecule has 1 aliphatic rings. The summed E-state index contributed by atoms with van der Waals surface area (Å²) in [5.41, 5.74) is 1.12. The van der Waals surface area contributed by atoms with E-state index in [4.69, 9.17) is 0 Å². The first-order chi connectivity index (χ1) is 6.50. The van der Waals surface area contributed by atoms with E-state index < -0.39 is 0 Å². The van der Waals surface area contributed by atoms with Gasteiger partial charge in [-0.05, 0) is 31.1 Å². The highest BCUT2D eigenvalue weighted by Gasteiger charge is 2.25. The molecule has 0 aromatic carbocycles. The fraction of sp³-hybridized carbons (Fsp3) is 0.833. The van der Waals surface area contributed by atoms with Gasteiger partial charge in [-0.2, -0.15) is 0 Å². The predicted octanol–water partition coefficient (Wildman–Crippen LogP) is 2.30. The summed E-state index contributed by atoms with van der Waals surface area (Å²) >= 11 is 0. The number of rotatable bonds is 3. The van der Waals surface area contributed by atoms with E-state index in [1.165, 1.54) is 0 Å². The molecule has 0 amide bonds. The molecule has 1 rings (SSSR count). The number of aliphatic hydroxyl groups is 1. The quantitative estimate of drug-likeness (QED) is 0.727. The predicted molar refractivity (Wildman–Crippen MR) is 59.9 cm³/mol. The fourth-order valence-electron chi connectivity index (χ4n) is 1.94. The molecule has 2 N–H and O–H groups in total. The molecule has 14 heavy (non-hydrogen) atoms. The lowest BCUT2D eigenvalue weighted by molar-refractivity contribution is 0.0673. The Morgan fingerprint density at radius 1 is 1.43 bits per heavy atom. The van der Waals surface area contributed by atoms with Gasteiger partial charge in [0.25, 0.3) is 0 Å². The third-order valence-electron chi connectivity index (χ3n) is 3.21. The summed E-state index contributed by atoms with van der Waals surface area (Å²) < 4.78 is 0. The average Bonchev–Trinajstić information content (AvgIpc) is 2.11. The normalized spacial score (nSPS) is 33.1. The van der Waals surface area contributed by atoms with Gasteiger partial charge in [0.15, 0.2) is 0 Å². The SMILES string of the molecule is C=C(N[C@@H]1CC[C@H](O)C(C)C1)C(C)C. The van der Waals surface area contributed by atoms with E-state index in [0.29, 0.717) is 17.9 Å². The van der Waals surface area contributed by atoms with Crippen molar-refractivity contribution in [3.63, 3.8) is 0 Å². The van der Waals surface area contributed by atoms with Gasteiger partial charge in [-0.25, -0.2) is 0 Å². The van der Waals surface area contributed by atoms with Gasteiger partial charge in [0, 0.05) is 11.7 Å². The minimum atomic E-state index is -0.0969. The number of aliphatic hydroxyl groups excluding tert-OH is 1. The summed E-state index contributed by atoms with van der Waals surface area (Å²) in [6.07, 6.45) is 2.95. The maximum atomic E-state index is 9.59. The minimum absolute atomic E-state index is 0.0969. The van der Waals surface area contributed by atoms with Crippen LogP contribution in [0.4, 0.5) is 0 Å². The van der Waals surface area contributed by atoms with Gasteiger partial charge in [-0.1, -0.05) is 27.4 Å². The molecule has 3 atom stereocenters. The molecule has 1 saturated carbocycles. The Bertz CT molecular complexity index is 200. The van der Waals surface area contributed by atoms with E-state index in [-0.39, 0.29) is 6.10 Å². The van der Waals surface area contributed by atoms with E-state index >= 15 is 0 Å². The molecule has 1 fully saturated rings. The molecule has 0 saturated heterocycles. The zero-order valence-corrected chi connectivity index (χ0v) is 9.59. The zero-order valence-electron chi connectivity index (χ0n) is 9.59. The first-order valence-corrected chi connectivity index (χ1v) is 5.64. The highest BCUT2D eigenvalue weighted by Crippen LogP contribution is 2.25. The molecule has 2 nitrogen and oxygen atoms in total. The molecule has 1 unspecified atom stereocenters. The van der Waals surface area contributed by atoms with Crippen molar-refractivity contribution in [3.05, 3.63) is 12.3 Å². The Morgan fingerprint density at radius 2 is 2.07 bits per heavy atom.